The van der Waals surface area contributed by atoms with E-state index >= 15 is 0 Å². The highest BCUT2D eigenvalue weighted by Crippen LogP contribution is 2.28. The van der Waals surface area contributed by atoms with Gasteiger partial charge in [0.2, 0.25) is 0 Å². The molecule has 0 aliphatic heterocycles. The van der Waals surface area contributed by atoms with E-state index in [9.17, 15) is 4.79 Å². The van der Waals surface area contributed by atoms with Gasteiger partial charge in [-0.15, -0.1) is 0 Å². The van der Waals surface area contributed by atoms with Gasteiger partial charge in [-0.05, 0) is 52.0 Å². The minimum Gasteiger partial charge on any atom is -0.444 e. The van der Waals surface area contributed by atoms with Gasteiger partial charge in [-0.3, -0.25) is 0 Å². The summed E-state index contributed by atoms with van der Waals surface area (Å²) in [5.74, 6) is 0. The number of nitrogens with zero attached hydrogens (tertiary/aromatic N) is 1. The Kier molecular flexibility index (Phi) is 5.87. The molecule has 1 fully saturated rings. The fourth-order valence-electron chi connectivity index (χ4n) is 1.92. The molecular formula is C16H32N2O2. The van der Waals surface area contributed by atoms with Gasteiger partial charge >= 0.3 is 6.09 Å². The molecule has 0 spiro atoms. The van der Waals surface area contributed by atoms with Gasteiger partial charge in [0.05, 0.1) is 0 Å². The first-order chi connectivity index (χ1) is 9.08. The van der Waals surface area contributed by atoms with Crippen LogP contribution in [0.1, 0.15) is 60.8 Å². The van der Waals surface area contributed by atoms with Gasteiger partial charge in [-0.2, -0.15) is 0 Å². The van der Waals surface area contributed by atoms with Gasteiger partial charge < -0.3 is 15.0 Å². The zero-order valence-electron chi connectivity index (χ0n) is 14.1. The maximum Gasteiger partial charge on any atom is 0.410 e. The fraction of sp³-hybridized carbons (Fsp3) is 0.938. The molecule has 0 aromatic heterocycles. The van der Waals surface area contributed by atoms with Crippen LogP contribution in [0.15, 0.2) is 0 Å². The normalized spacial score (nSPS) is 16.1. The van der Waals surface area contributed by atoms with Crippen LogP contribution in [0, 0.1) is 5.41 Å². The lowest BCUT2D eigenvalue weighted by Crippen LogP contribution is -2.42. The van der Waals surface area contributed by atoms with Gasteiger partial charge in [0.15, 0.2) is 0 Å². The first kappa shape index (κ1) is 17.3. The summed E-state index contributed by atoms with van der Waals surface area (Å²) in [6, 6.07) is 0.397. The van der Waals surface area contributed by atoms with Crippen molar-refractivity contribution < 1.29 is 9.53 Å². The largest absolute Gasteiger partial charge is 0.444 e. The van der Waals surface area contributed by atoms with Crippen LogP contribution in [-0.2, 0) is 4.74 Å². The van der Waals surface area contributed by atoms with Crippen LogP contribution >= 0.6 is 0 Å². The average Bonchev–Trinajstić information content (AvgIpc) is 3.02. The van der Waals surface area contributed by atoms with Gasteiger partial charge in [0, 0.05) is 19.1 Å². The Morgan fingerprint density at radius 2 is 1.75 bits per heavy atom. The second-order valence-corrected chi connectivity index (χ2v) is 7.97. The molecule has 1 rings (SSSR count). The molecule has 4 heteroatoms. The number of carbonyl (C=O) groups is 1. The van der Waals surface area contributed by atoms with E-state index in [2.05, 4.69) is 26.1 Å². The lowest BCUT2D eigenvalue weighted by Gasteiger charge is -2.27. The van der Waals surface area contributed by atoms with Crippen LogP contribution in [0.25, 0.3) is 0 Å². The first-order valence-electron chi connectivity index (χ1n) is 7.79. The number of nitrogens with one attached hydrogen (secondary N) is 1. The molecule has 0 aromatic carbocycles. The van der Waals surface area contributed by atoms with Gasteiger partial charge in [0.25, 0.3) is 0 Å². The van der Waals surface area contributed by atoms with Crippen LogP contribution in [0.2, 0.25) is 0 Å². The summed E-state index contributed by atoms with van der Waals surface area (Å²) >= 11 is 0. The van der Waals surface area contributed by atoms with E-state index in [0.717, 1.165) is 38.9 Å². The molecule has 118 valence electrons. The Bertz CT molecular complexity index is 311. The SMILES string of the molecule is CC(C)(C)CCNCCN(C(=O)OC(C)(C)C)C1CC1. The molecule has 0 radical (unpaired) electrons. The Morgan fingerprint density at radius 3 is 2.20 bits per heavy atom. The van der Waals surface area contributed by atoms with Gasteiger partial charge in [0.1, 0.15) is 5.60 Å². The molecule has 4 nitrogen and oxygen atoms in total. The lowest BCUT2D eigenvalue weighted by atomic mass is 9.92. The van der Waals surface area contributed by atoms with Crippen molar-refractivity contribution >= 4 is 6.09 Å². The monoisotopic (exact) mass is 284 g/mol. The third kappa shape index (κ3) is 7.73. The number of rotatable bonds is 6. The Morgan fingerprint density at radius 1 is 1.15 bits per heavy atom. The van der Waals surface area contributed by atoms with Crippen molar-refractivity contribution in [3.63, 3.8) is 0 Å². The summed E-state index contributed by atoms with van der Waals surface area (Å²) in [5.41, 5.74) is -0.0573. The second kappa shape index (κ2) is 6.79. The Labute approximate surface area is 124 Å². The van der Waals surface area contributed by atoms with Crippen molar-refractivity contribution in [1.29, 1.82) is 0 Å². The van der Waals surface area contributed by atoms with E-state index in [1.807, 2.05) is 25.7 Å². The highest BCUT2D eigenvalue weighted by molar-refractivity contribution is 5.69. The maximum absolute atomic E-state index is 12.1. The predicted octanol–water partition coefficient (Wildman–Crippen LogP) is 3.41. The van der Waals surface area contributed by atoms with Crippen molar-refractivity contribution in [2.24, 2.45) is 5.41 Å². The van der Waals surface area contributed by atoms with Crippen molar-refractivity contribution in [2.75, 3.05) is 19.6 Å². The molecule has 0 saturated heterocycles. The molecule has 1 aliphatic rings. The lowest BCUT2D eigenvalue weighted by molar-refractivity contribution is 0.0235. The topological polar surface area (TPSA) is 41.6 Å². The minimum absolute atomic E-state index is 0.169. The summed E-state index contributed by atoms with van der Waals surface area (Å²) < 4.78 is 5.47. The van der Waals surface area contributed by atoms with E-state index in [4.69, 9.17) is 4.74 Å². The smallest absolute Gasteiger partial charge is 0.410 e. The van der Waals surface area contributed by atoms with Gasteiger partial charge in [-0.1, -0.05) is 20.8 Å². The highest BCUT2D eigenvalue weighted by Gasteiger charge is 2.34. The van der Waals surface area contributed by atoms with Crippen molar-refractivity contribution in [2.45, 2.75) is 72.4 Å². The maximum atomic E-state index is 12.1. The molecule has 0 heterocycles. The van der Waals surface area contributed by atoms with E-state index < -0.39 is 5.60 Å². The standard InChI is InChI=1S/C16H32N2O2/c1-15(2,3)9-10-17-11-12-18(13-7-8-13)14(19)20-16(4,5)6/h13,17H,7-12H2,1-6H3. The third-order valence-electron chi connectivity index (χ3n) is 3.20. The molecule has 1 N–H and O–H groups in total. The first-order valence-corrected chi connectivity index (χ1v) is 7.79. The summed E-state index contributed by atoms with van der Waals surface area (Å²) in [4.78, 5) is 14.0. The number of ether oxygens (including phenoxy) is 1. The van der Waals surface area contributed by atoms with E-state index in [1.165, 1.54) is 0 Å². The number of hydrogen-bond acceptors (Lipinski definition) is 3. The van der Waals surface area contributed by atoms with Crippen molar-refractivity contribution in [3.05, 3.63) is 0 Å². The fourth-order valence-corrected chi connectivity index (χ4v) is 1.92. The summed E-state index contributed by atoms with van der Waals surface area (Å²) in [5, 5.41) is 3.42. The third-order valence-corrected chi connectivity index (χ3v) is 3.20. The molecular weight excluding hydrogens is 252 g/mol. The summed E-state index contributed by atoms with van der Waals surface area (Å²) in [6.45, 7) is 15.0. The van der Waals surface area contributed by atoms with Crippen LogP contribution < -0.4 is 5.32 Å². The Balaban J connectivity index is 2.28. The molecule has 1 aliphatic carbocycles. The average molecular weight is 284 g/mol. The molecule has 0 bridgehead atoms. The molecule has 1 saturated carbocycles. The zero-order valence-corrected chi connectivity index (χ0v) is 14.1. The zero-order chi connectivity index (χ0) is 15.4. The number of amides is 1. The molecule has 0 atom stereocenters. The predicted molar refractivity (Wildman–Crippen MR) is 82.9 cm³/mol. The highest BCUT2D eigenvalue weighted by atomic mass is 16.6. The van der Waals surface area contributed by atoms with Crippen LogP contribution in [0.4, 0.5) is 4.79 Å². The van der Waals surface area contributed by atoms with E-state index in [1.54, 1.807) is 0 Å². The second-order valence-electron chi connectivity index (χ2n) is 7.97. The van der Waals surface area contributed by atoms with Crippen molar-refractivity contribution in [3.8, 4) is 0 Å². The summed E-state index contributed by atoms with van der Waals surface area (Å²) in [6.07, 6.45) is 3.20. The molecule has 0 unspecified atom stereocenters. The minimum atomic E-state index is -0.413. The van der Waals surface area contributed by atoms with E-state index in [0.29, 0.717) is 11.5 Å². The molecule has 20 heavy (non-hydrogen) atoms. The van der Waals surface area contributed by atoms with Crippen molar-refractivity contribution in [1.82, 2.24) is 10.2 Å². The van der Waals surface area contributed by atoms with Crippen LogP contribution in [0.3, 0.4) is 0 Å². The molecule has 1 amide bonds. The van der Waals surface area contributed by atoms with Crippen LogP contribution in [0.5, 0.6) is 0 Å². The summed E-state index contributed by atoms with van der Waals surface area (Å²) in [7, 11) is 0. The van der Waals surface area contributed by atoms with Gasteiger partial charge in [-0.25, -0.2) is 4.79 Å². The van der Waals surface area contributed by atoms with E-state index in [-0.39, 0.29) is 6.09 Å². The quantitative estimate of drug-likeness (QED) is 0.760. The Hall–Kier alpha value is -0.770. The van der Waals surface area contributed by atoms with Crippen LogP contribution in [-0.4, -0.2) is 42.3 Å². The number of hydrogen-bond donors (Lipinski definition) is 1. The molecule has 0 aromatic rings. The number of carbonyl (C=O) groups excluding carboxylic acids is 1.